The third kappa shape index (κ3) is 7.40. The quantitative estimate of drug-likeness (QED) is 0.541. The third-order valence-corrected chi connectivity index (χ3v) is 3.48. The van der Waals surface area contributed by atoms with Crippen LogP contribution in [0.1, 0.15) is 29.8 Å². The Kier molecular flexibility index (Phi) is 7.67. The fourth-order valence-corrected chi connectivity index (χ4v) is 2.27. The van der Waals surface area contributed by atoms with E-state index in [1.54, 1.807) is 24.3 Å². The smallest absolute Gasteiger partial charge is 0.338 e. The van der Waals surface area contributed by atoms with Crippen LogP contribution < -0.4 is 14.8 Å². The van der Waals surface area contributed by atoms with Gasteiger partial charge in [0.2, 0.25) is 0 Å². The molecule has 0 aliphatic heterocycles. The molecule has 27 heavy (non-hydrogen) atoms. The fraction of sp³-hybridized carbons (Fsp3) is 0.333. The van der Waals surface area contributed by atoms with Gasteiger partial charge in [-0.1, -0.05) is 12.1 Å². The standard InChI is InChI=1S/C21H25NO5/c1-15(2)27-18-9-7-17(8-10-18)21(24)26-14-20(23)22-11-12-25-19-6-4-5-16(3)13-19/h4-10,13,15H,11-12,14H2,1-3H3,(H,22,23). The van der Waals surface area contributed by atoms with Crippen LogP contribution in [0.2, 0.25) is 0 Å². The Hall–Kier alpha value is -3.02. The van der Waals surface area contributed by atoms with Gasteiger partial charge >= 0.3 is 5.97 Å². The SMILES string of the molecule is Cc1cccc(OCCNC(=O)COC(=O)c2ccc(OC(C)C)cc2)c1. The first-order chi connectivity index (χ1) is 12.9. The van der Waals surface area contributed by atoms with Crippen LogP contribution in [-0.2, 0) is 9.53 Å². The molecule has 0 fully saturated rings. The van der Waals surface area contributed by atoms with Gasteiger partial charge in [-0.25, -0.2) is 4.79 Å². The maximum absolute atomic E-state index is 12.0. The third-order valence-electron chi connectivity index (χ3n) is 3.48. The molecule has 0 aromatic heterocycles. The lowest BCUT2D eigenvalue weighted by Crippen LogP contribution is -2.32. The maximum Gasteiger partial charge on any atom is 0.338 e. The van der Waals surface area contributed by atoms with Crippen molar-refractivity contribution in [1.82, 2.24) is 5.32 Å². The van der Waals surface area contributed by atoms with E-state index in [0.717, 1.165) is 11.3 Å². The van der Waals surface area contributed by atoms with E-state index in [1.807, 2.05) is 45.0 Å². The summed E-state index contributed by atoms with van der Waals surface area (Å²) in [6, 6.07) is 14.3. The van der Waals surface area contributed by atoms with Crippen molar-refractivity contribution >= 4 is 11.9 Å². The Morgan fingerprint density at radius 3 is 2.44 bits per heavy atom. The summed E-state index contributed by atoms with van der Waals surface area (Å²) in [6.07, 6.45) is 0.0568. The molecular weight excluding hydrogens is 346 g/mol. The average molecular weight is 371 g/mol. The second-order valence-electron chi connectivity index (χ2n) is 6.28. The average Bonchev–Trinajstić information content (AvgIpc) is 2.63. The highest BCUT2D eigenvalue weighted by atomic mass is 16.5. The zero-order valence-electron chi connectivity index (χ0n) is 15.9. The van der Waals surface area contributed by atoms with Crippen LogP contribution in [0.5, 0.6) is 11.5 Å². The van der Waals surface area contributed by atoms with Gasteiger partial charge in [-0.15, -0.1) is 0 Å². The van der Waals surface area contributed by atoms with Crippen LogP contribution >= 0.6 is 0 Å². The van der Waals surface area contributed by atoms with Gasteiger partial charge < -0.3 is 19.5 Å². The van der Waals surface area contributed by atoms with Crippen molar-refractivity contribution in [3.05, 3.63) is 59.7 Å². The molecule has 6 heteroatoms. The number of rotatable bonds is 9. The van der Waals surface area contributed by atoms with Gasteiger partial charge in [0, 0.05) is 0 Å². The highest BCUT2D eigenvalue weighted by molar-refractivity contribution is 5.91. The normalized spacial score (nSPS) is 10.4. The number of esters is 1. The van der Waals surface area contributed by atoms with Crippen molar-refractivity contribution in [2.45, 2.75) is 26.9 Å². The molecule has 144 valence electrons. The summed E-state index contributed by atoms with van der Waals surface area (Å²) in [4.78, 5) is 23.7. The maximum atomic E-state index is 12.0. The summed E-state index contributed by atoms with van der Waals surface area (Å²) in [7, 11) is 0. The van der Waals surface area contributed by atoms with Crippen molar-refractivity contribution in [2.75, 3.05) is 19.8 Å². The molecule has 2 rings (SSSR count). The number of carbonyl (C=O) groups excluding carboxylic acids is 2. The topological polar surface area (TPSA) is 73.9 Å². The minimum atomic E-state index is -0.558. The first-order valence-corrected chi connectivity index (χ1v) is 8.84. The van der Waals surface area contributed by atoms with Crippen molar-refractivity contribution in [1.29, 1.82) is 0 Å². The number of aryl methyl sites for hydroxylation is 1. The Labute approximate surface area is 159 Å². The van der Waals surface area contributed by atoms with Crippen LogP contribution in [0, 0.1) is 6.92 Å². The highest BCUT2D eigenvalue weighted by Crippen LogP contribution is 2.14. The Morgan fingerprint density at radius 1 is 1.04 bits per heavy atom. The van der Waals surface area contributed by atoms with E-state index in [4.69, 9.17) is 14.2 Å². The number of ether oxygens (including phenoxy) is 3. The predicted octanol–water partition coefficient (Wildman–Crippen LogP) is 3.13. The summed E-state index contributed by atoms with van der Waals surface area (Å²) in [5.41, 5.74) is 1.47. The van der Waals surface area contributed by atoms with E-state index in [2.05, 4.69) is 5.32 Å². The van der Waals surface area contributed by atoms with Crippen molar-refractivity contribution in [2.24, 2.45) is 0 Å². The summed E-state index contributed by atoms with van der Waals surface area (Å²) in [5.74, 6) is 0.488. The molecule has 0 unspecified atom stereocenters. The summed E-state index contributed by atoms with van der Waals surface area (Å²) < 4.78 is 16.1. The number of hydrogen-bond donors (Lipinski definition) is 1. The first-order valence-electron chi connectivity index (χ1n) is 8.84. The van der Waals surface area contributed by atoms with Gasteiger partial charge in [-0.2, -0.15) is 0 Å². The Balaban J connectivity index is 1.66. The van der Waals surface area contributed by atoms with E-state index < -0.39 is 5.97 Å². The van der Waals surface area contributed by atoms with E-state index >= 15 is 0 Å². The van der Waals surface area contributed by atoms with E-state index in [0.29, 0.717) is 24.5 Å². The number of benzene rings is 2. The van der Waals surface area contributed by atoms with Gasteiger partial charge in [0.15, 0.2) is 6.61 Å². The summed E-state index contributed by atoms with van der Waals surface area (Å²) in [6.45, 7) is 6.15. The van der Waals surface area contributed by atoms with Crippen LogP contribution in [0.15, 0.2) is 48.5 Å². The van der Waals surface area contributed by atoms with E-state index in [-0.39, 0.29) is 18.6 Å². The van der Waals surface area contributed by atoms with Gasteiger partial charge in [0.25, 0.3) is 5.91 Å². The minimum Gasteiger partial charge on any atom is -0.492 e. The van der Waals surface area contributed by atoms with Crippen LogP contribution in [0.25, 0.3) is 0 Å². The molecule has 0 saturated heterocycles. The molecule has 2 aromatic carbocycles. The first kappa shape index (κ1) is 20.3. The lowest BCUT2D eigenvalue weighted by atomic mass is 10.2. The molecule has 1 amide bonds. The molecule has 0 spiro atoms. The zero-order valence-corrected chi connectivity index (χ0v) is 15.9. The van der Waals surface area contributed by atoms with Gasteiger partial charge in [0.1, 0.15) is 18.1 Å². The fourth-order valence-electron chi connectivity index (χ4n) is 2.27. The molecule has 0 radical (unpaired) electrons. The van der Waals surface area contributed by atoms with E-state index in [9.17, 15) is 9.59 Å². The Morgan fingerprint density at radius 2 is 1.78 bits per heavy atom. The molecule has 2 aromatic rings. The minimum absolute atomic E-state index is 0.0568. The lowest BCUT2D eigenvalue weighted by Gasteiger charge is -2.10. The van der Waals surface area contributed by atoms with Crippen LogP contribution in [0.4, 0.5) is 0 Å². The second kappa shape index (κ2) is 10.2. The van der Waals surface area contributed by atoms with Gasteiger partial charge in [-0.05, 0) is 62.7 Å². The molecule has 0 atom stereocenters. The molecule has 1 N–H and O–H groups in total. The number of hydrogen-bond acceptors (Lipinski definition) is 5. The number of nitrogens with one attached hydrogen (secondary N) is 1. The molecule has 0 bridgehead atoms. The van der Waals surface area contributed by atoms with Crippen molar-refractivity contribution < 1.29 is 23.8 Å². The van der Waals surface area contributed by atoms with Gasteiger partial charge in [0.05, 0.1) is 18.2 Å². The largest absolute Gasteiger partial charge is 0.492 e. The molecule has 6 nitrogen and oxygen atoms in total. The molecule has 0 saturated carbocycles. The Bertz CT molecular complexity index is 755. The van der Waals surface area contributed by atoms with Crippen LogP contribution in [-0.4, -0.2) is 37.7 Å². The molecule has 0 aliphatic carbocycles. The molecular formula is C21H25NO5. The lowest BCUT2D eigenvalue weighted by molar-refractivity contribution is -0.124. The summed E-state index contributed by atoms with van der Waals surface area (Å²) in [5, 5.41) is 2.64. The molecule has 0 aliphatic rings. The van der Waals surface area contributed by atoms with Crippen molar-refractivity contribution in [3.63, 3.8) is 0 Å². The zero-order chi connectivity index (χ0) is 19.6. The second-order valence-corrected chi connectivity index (χ2v) is 6.28. The number of carbonyl (C=O) groups is 2. The van der Waals surface area contributed by atoms with Crippen molar-refractivity contribution in [3.8, 4) is 11.5 Å². The van der Waals surface area contributed by atoms with E-state index in [1.165, 1.54) is 0 Å². The number of amides is 1. The van der Waals surface area contributed by atoms with Gasteiger partial charge in [-0.3, -0.25) is 4.79 Å². The predicted molar refractivity (Wildman–Crippen MR) is 102 cm³/mol. The molecule has 0 heterocycles. The monoisotopic (exact) mass is 371 g/mol. The highest BCUT2D eigenvalue weighted by Gasteiger charge is 2.10. The summed E-state index contributed by atoms with van der Waals surface area (Å²) >= 11 is 0. The van der Waals surface area contributed by atoms with Crippen LogP contribution in [0.3, 0.4) is 0 Å².